The van der Waals surface area contributed by atoms with Crippen LogP contribution in [0.15, 0.2) is 116 Å². The summed E-state index contributed by atoms with van der Waals surface area (Å²) in [6.07, 6.45) is 5.74. The van der Waals surface area contributed by atoms with Crippen LogP contribution in [0.5, 0.6) is 0 Å². The first-order valence-corrected chi connectivity index (χ1v) is 11.5. The molecule has 176 valence electrons. The number of benzene rings is 3. The molecule has 0 atom stereocenters. The van der Waals surface area contributed by atoms with Gasteiger partial charge in [-0.15, -0.1) is 6.58 Å². The van der Waals surface area contributed by atoms with Gasteiger partial charge in [0, 0.05) is 0 Å². The molecule has 0 aliphatic heterocycles. The van der Waals surface area contributed by atoms with Gasteiger partial charge in [0.1, 0.15) is 0 Å². The highest BCUT2D eigenvalue weighted by molar-refractivity contribution is 5.14. The van der Waals surface area contributed by atoms with E-state index in [1.165, 1.54) is 16.7 Å². The molecule has 0 fully saturated rings. The Morgan fingerprint density at radius 1 is 0.515 bits per heavy atom. The zero-order valence-electron chi connectivity index (χ0n) is 20.1. The van der Waals surface area contributed by atoms with Crippen LogP contribution in [-0.4, -0.2) is 19.8 Å². The maximum Gasteiger partial charge on any atom is 0.0721 e. The summed E-state index contributed by atoms with van der Waals surface area (Å²) in [5.74, 6) is 0. The third kappa shape index (κ3) is 15.5. The van der Waals surface area contributed by atoms with E-state index >= 15 is 0 Å². The summed E-state index contributed by atoms with van der Waals surface area (Å²) < 4.78 is 16.3. The standard InChI is InChI=1S/C18H20O2.C10H12O.C2H6/c1-3-9-17(10-4-1)15-19-13-7-8-14-20-16-18-11-5-2-6-12-18;1-2-8-11-9-10-6-4-3-5-7-10;1-2/h1-12H,13-16H2;2-7H,1,8-9H2;1-2H3. The second-order valence-electron chi connectivity index (χ2n) is 6.76. The molecule has 0 saturated carbocycles. The van der Waals surface area contributed by atoms with Gasteiger partial charge < -0.3 is 14.2 Å². The predicted octanol–water partition coefficient (Wildman–Crippen LogP) is 7.39. The Labute approximate surface area is 200 Å². The summed E-state index contributed by atoms with van der Waals surface area (Å²) in [6, 6.07) is 30.4. The molecule has 0 bridgehead atoms. The molecule has 33 heavy (non-hydrogen) atoms. The first kappa shape index (κ1) is 28.1. The van der Waals surface area contributed by atoms with Crippen molar-refractivity contribution in [1.82, 2.24) is 0 Å². The molecule has 0 spiro atoms. The van der Waals surface area contributed by atoms with Crippen LogP contribution in [0.1, 0.15) is 30.5 Å². The quantitative estimate of drug-likeness (QED) is 0.214. The largest absolute Gasteiger partial charge is 0.373 e. The van der Waals surface area contributed by atoms with Crippen LogP contribution in [0.4, 0.5) is 0 Å². The van der Waals surface area contributed by atoms with Gasteiger partial charge in [-0.3, -0.25) is 0 Å². The van der Waals surface area contributed by atoms with E-state index in [-0.39, 0.29) is 0 Å². The van der Waals surface area contributed by atoms with Gasteiger partial charge in [-0.2, -0.15) is 0 Å². The van der Waals surface area contributed by atoms with Crippen LogP contribution in [0.2, 0.25) is 0 Å². The predicted molar refractivity (Wildman–Crippen MR) is 139 cm³/mol. The highest BCUT2D eigenvalue weighted by atomic mass is 16.5. The van der Waals surface area contributed by atoms with Gasteiger partial charge in [0.25, 0.3) is 0 Å². The lowest BCUT2D eigenvalue weighted by Crippen LogP contribution is -1.94. The monoisotopic (exact) mass is 446 g/mol. The van der Waals surface area contributed by atoms with Gasteiger partial charge >= 0.3 is 0 Å². The fraction of sp³-hybridized carbons (Fsp3) is 0.267. The fourth-order valence-electron chi connectivity index (χ4n) is 2.61. The van der Waals surface area contributed by atoms with Crippen molar-refractivity contribution < 1.29 is 14.2 Å². The van der Waals surface area contributed by atoms with Gasteiger partial charge in [-0.1, -0.05) is 123 Å². The topological polar surface area (TPSA) is 27.7 Å². The molecule has 0 aliphatic rings. The lowest BCUT2D eigenvalue weighted by atomic mass is 10.2. The molecule has 3 aromatic carbocycles. The second-order valence-corrected chi connectivity index (χ2v) is 6.76. The van der Waals surface area contributed by atoms with E-state index in [1.807, 2.05) is 92.7 Å². The molecule has 3 heteroatoms. The Bertz CT molecular complexity index is 783. The molecule has 3 nitrogen and oxygen atoms in total. The van der Waals surface area contributed by atoms with Gasteiger partial charge in [-0.05, 0) is 16.7 Å². The molecule has 0 aliphatic carbocycles. The molecule has 0 aromatic heterocycles. The van der Waals surface area contributed by atoms with E-state index in [0.29, 0.717) is 39.6 Å². The first-order chi connectivity index (χ1) is 16.4. The average molecular weight is 447 g/mol. The number of hydrogen-bond acceptors (Lipinski definition) is 3. The molecular weight excluding hydrogens is 408 g/mol. The van der Waals surface area contributed by atoms with E-state index in [0.717, 1.165) is 0 Å². The first-order valence-electron chi connectivity index (χ1n) is 11.5. The van der Waals surface area contributed by atoms with Gasteiger partial charge in [0.15, 0.2) is 0 Å². The van der Waals surface area contributed by atoms with Gasteiger partial charge in [-0.25, -0.2) is 0 Å². The summed E-state index contributed by atoms with van der Waals surface area (Å²) in [5, 5.41) is 0. The summed E-state index contributed by atoms with van der Waals surface area (Å²) in [4.78, 5) is 0. The Hall–Kier alpha value is -2.98. The molecule has 0 radical (unpaired) electrons. The van der Waals surface area contributed by atoms with Crippen molar-refractivity contribution >= 4 is 0 Å². The zero-order valence-corrected chi connectivity index (χ0v) is 20.1. The van der Waals surface area contributed by atoms with Crippen molar-refractivity contribution in [3.63, 3.8) is 0 Å². The summed E-state index contributed by atoms with van der Waals surface area (Å²) in [6.45, 7) is 11.4. The number of rotatable bonds is 12. The van der Waals surface area contributed by atoms with E-state index < -0.39 is 0 Å². The van der Waals surface area contributed by atoms with Gasteiger partial charge in [0.2, 0.25) is 0 Å². The molecule has 0 heterocycles. The maximum absolute atomic E-state index is 5.54. The van der Waals surface area contributed by atoms with Crippen molar-refractivity contribution in [2.24, 2.45) is 0 Å². The minimum atomic E-state index is 0.615. The minimum Gasteiger partial charge on any atom is -0.373 e. The van der Waals surface area contributed by atoms with Gasteiger partial charge in [0.05, 0.1) is 39.6 Å². The molecular formula is C30H38O3. The van der Waals surface area contributed by atoms with Crippen LogP contribution in [-0.2, 0) is 34.0 Å². The Balaban J connectivity index is 0.000000354. The van der Waals surface area contributed by atoms with Crippen molar-refractivity contribution in [2.75, 3.05) is 19.8 Å². The lowest BCUT2D eigenvalue weighted by Gasteiger charge is -2.02. The minimum absolute atomic E-state index is 0.615. The average Bonchev–Trinajstić information content (AvgIpc) is 2.89. The van der Waals surface area contributed by atoms with E-state index in [1.54, 1.807) is 6.08 Å². The van der Waals surface area contributed by atoms with E-state index in [2.05, 4.69) is 30.8 Å². The lowest BCUT2D eigenvalue weighted by molar-refractivity contribution is 0.140. The molecule has 0 amide bonds. The summed E-state index contributed by atoms with van der Waals surface area (Å²) in [5.41, 5.74) is 3.59. The molecule has 3 rings (SSSR count). The van der Waals surface area contributed by atoms with Crippen molar-refractivity contribution in [2.45, 2.75) is 33.7 Å². The maximum atomic E-state index is 5.54. The molecule has 3 aromatic rings. The highest BCUT2D eigenvalue weighted by Gasteiger charge is 1.91. The van der Waals surface area contributed by atoms with Crippen LogP contribution in [0, 0.1) is 0 Å². The second kappa shape index (κ2) is 20.9. The highest BCUT2D eigenvalue weighted by Crippen LogP contribution is 2.02. The Kier molecular flexibility index (Phi) is 17.8. The van der Waals surface area contributed by atoms with Crippen LogP contribution >= 0.6 is 0 Å². The number of ether oxygens (including phenoxy) is 3. The smallest absolute Gasteiger partial charge is 0.0721 e. The van der Waals surface area contributed by atoms with Crippen molar-refractivity contribution in [1.29, 1.82) is 0 Å². The third-order valence-electron chi connectivity index (χ3n) is 4.17. The normalized spacial score (nSPS) is 10.0. The Morgan fingerprint density at radius 3 is 1.12 bits per heavy atom. The molecule has 0 unspecified atom stereocenters. The fourth-order valence-corrected chi connectivity index (χ4v) is 2.61. The molecule has 0 saturated heterocycles. The van der Waals surface area contributed by atoms with E-state index in [4.69, 9.17) is 14.2 Å². The van der Waals surface area contributed by atoms with Crippen LogP contribution < -0.4 is 0 Å². The summed E-state index contributed by atoms with van der Waals surface area (Å²) >= 11 is 0. The van der Waals surface area contributed by atoms with E-state index in [9.17, 15) is 0 Å². The number of hydrogen-bond donors (Lipinski definition) is 0. The van der Waals surface area contributed by atoms with Crippen molar-refractivity contribution in [3.05, 3.63) is 132 Å². The Morgan fingerprint density at radius 2 is 0.818 bits per heavy atom. The SMILES string of the molecule is C(=CCOCc1ccccc1)COCc1ccccc1.C=CCOCc1ccccc1.CC. The summed E-state index contributed by atoms with van der Waals surface area (Å²) in [7, 11) is 0. The van der Waals surface area contributed by atoms with Crippen molar-refractivity contribution in [3.8, 4) is 0 Å². The molecule has 0 N–H and O–H groups in total. The van der Waals surface area contributed by atoms with Crippen LogP contribution in [0.25, 0.3) is 0 Å². The zero-order chi connectivity index (χ0) is 23.8. The van der Waals surface area contributed by atoms with Crippen LogP contribution in [0.3, 0.4) is 0 Å². The third-order valence-corrected chi connectivity index (χ3v) is 4.17.